The Hall–Kier alpha value is -0.880. The van der Waals surface area contributed by atoms with Gasteiger partial charge in [0, 0.05) is 25.3 Å². The summed E-state index contributed by atoms with van der Waals surface area (Å²) in [4.78, 5) is 10.6. The summed E-state index contributed by atoms with van der Waals surface area (Å²) in [5.74, 6) is 1.76. The molecule has 1 aliphatic heterocycles. The van der Waals surface area contributed by atoms with Crippen molar-refractivity contribution in [2.75, 3.05) is 30.7 Å². The van der Waals surface area contributed by atoms with E-state index >= 15 is 0 Å². The first kappa shape index (κ1) is 13.5. The Balaban J connectivity index is 1.87. The molecule has 1 aliphatic rings. The van der Waals surface area contributed by atoms with E-state index in [0.29, 0.717) is 17.9 Å². The highest BCUT2D eigenvalue weighted by molar-refractivity contribution is 9.10. The molecule has 5 nitrogen and oxygen atoms in total. The zero-order chi connectivity index (χ0) is 13.1. The summed E-state index contributed by atoms with van der Waals surface area (Å²) in [6.07, 6.45) is 2.92. The van der Waals surface area contributed by atoms with E-state index in [0.717, 1.165) is 23.4 Å². The summed E-state index contributed by atoms with van der Waals surface area (Å²) < 4.78 is 0.857. The van der Waals surface area contributed by atoms with E-state index in [9.17, 15) is 0 Å². The molecule has 1 aromatic heterocycles. The minimum atomic E-state index is 0.302. The molecule has 100 valence electrons. The van der Waals surface area contributed by atoms with Gasteiger partial charge in [0.2, 0.25) is 5.95 Å². The number of hydrogen-bond acceptors (Lipinski definition) is 5. The van der Waals surface area contributed by atoms with Crippen LogP contribution in [0.2, 0.25) is 0 Å². The van der Waals surface area contributed by atoms with E-state index in [4.69, 9.17) is 5.73 Å². The number of likely N-dealkylation sites (tertiary alicyclic amines) is 1. The van der Waals surface area contributed by atoms with Crippen LogP contribution in [0, 0.1) is 5.92 Å². The molecule has 0 spiro atoms. The Bertz CT molecular complexity index is 409. The average Bonchev–Trinajstić information content (AvgIpc) is 2.79. The van der Waals surface area contributed by atoms with Gasteiger partial charge < -0.3 is 16.0 Å². The molecule has 1 unspecified atom stereocenters. The summed E-state index contributed by atoms with van der Waals surface area (Å²) in [5, 5.41) is 3.35. The number of nitrogens with one attached hydrogen (secondary N) is 1. The van der Waals surface area contributed by atoms with Crippen molar-refractivity contribution in [1.82, 2.24) is 14.9 Å². The average molecular weight is 314 g/mol. The lowest BCUT2D eigenvalue weighted by atomic mass is 10.1. The molecule has 0 amide bonds. The fourth-order valence-corrected chi connectivity index (χ4v) is 2.58. The zero-order valence-electron chi connectivity index (χ0n) is 10.9. The van der Waals surface area contributed by atoms with Gasteiger partial charge in [-0.1, -0.05) is 0 Å². The first-order valence-corrected chi connectivity index (χ1v) is 7.11. The second-order valence-electron chi connectivity index (χ2n) is 5.05. The fraction of sp³-hybridized carbons (Fsp3) is 0.667. The van der Waals surface area contributed by atoms with Crippen LogP contribution < -0.4 is 11.1 Å². The maximum Gasteiger partial charge on any atom is 0.221 e. The molecular weight excluding hydrogens is 294 g/mol. The summed E-state index contributed by atoms with van der Waals surface area (Å²) in [6, 6.07) is 0.636. The highest BCUT2D eigenvalue weighted by Gasteiger charge is 2.24. The standard InChI is InChI=1S/C12H20BrN5/c1-8(2)18-4-3-9(7-18)5-15-11-10(13)6-16-12(14)17-11/h6,8-9H,3-5,7H2,1-2H3,(H3,14,15,16,17). The van der Waals surface area contributed by atoms with Crippen molar-refractivity contribution in [2.45, 2.75) is 26.3 Å². The molecule has 2 heterocycles. The quantitative estimate of drug-likeness (QED) is 0.889. The third-order valence-corrected chi connectivity index (χ3v) is 3.95. The van der Waals surface area contributed by atoms with Crippen LogP contribution in [0.5, 0.6) is 0 Å². The Morgan fingerprint density at radius 2 is 2.39 bits per heavy atom. The molecule has 1 fully saturated rings. The molecule has 2 rings (SSSR count). The van der Waals surface area contributed by atoms with E-state index in [1.165, 1.54) is 13.0 Å². The highest BCUT2D eigenvalue weighted by Crippen LogP contribution is 2.22. The second kappa shape index (κ2) is 5.84. The van der Waals surface area contributed by atoms with Gasteiger partial charge in [0.05, 0.1) is 4.47 Å². The lowest BCUT2D eigenvalue weighted by Crippen LogP contribution is -2.29. The van der Waals surface area contributed by atoms with Gasteiger partial charge in [-0.05, 0) is 48.7 Å². The Kier molecular flexibility index (Phi) is 4.40. The predicted octanol–water partition coefficient (Wildman–Crippen LogP) is 1.96. The SMILES string of the molecule is CC(C)N1CCC(CNc2nc(N)ncc2Br)C1. The van der Waals surface area contributed by atoms with Crippen LogP contribution in [0.3, 0.4) is 0 Å². The van der Waals surface area contributed by atoms with Crippen LogP contribution in [-0.2, 0) is 0 Å². The van der Waals surface area contributed by atoms with Crippen molar-refractivity contribution in [3.05, 3.63) is 10.7 Å². The molecule has 1 atom stereocenters. The highest BCUT2D eigenvalue weighted by atomic mass is 79.9. The number of nitrogens with zero attached hydrogens (tertiary/aromatic N) is 3. The molecule has 0 aliphatic carbocycles. The molecule has 18 heavy (non-hydrogen) atoms. The molecule has 6 heteroatoms. The van der Waals surface area contributed by atoms with Crippen LogP contribution in [0.15, 0.2) is 10.7 Å². The van der Waals surface area contributed by atoms with E-state index < -0.39 is 0 Å². The summed E-state index contributed by atoms with van der Waals surface area (Å²) in [5.41, 5.74) is 5.58. The van der Waals surface area contributed by atoms with Crippen LogP contribution in [0.25, 0.3) is 0 Å². The van der Waals surface area contributed by atoms with Crippen molar-refractivity contribution in [3.63, 3.8) is 0 Å². The third kappa shape index (κ3) is 3.32. The smallest absolute Gasteiger partial charge is 0.221 e. The number of anilines is 2. The number of nitrogens with two attached hydrogens (primary N) is 1. The summed E-state index contributed by atoms with van der Waals surface area (Å²) in [7, 11) is 0. The molecular formula is C12H20BrN5. The summed E-state index contributed by atoms with van der Waals surface area (Å²) >= 11 is 3.42. The van der Waals surface area contributed by atoms with Gasteiger partial charge in [0.1, 0.15) is 5.82 Å². The Morgan fingerprint density at radius 3 is 3.06 bits per heavy atom. The lowest BCUT2D eigenvalue weighted by Gasteiger charge is -2.20. The fourth-order valence-electron chi connectivity index (χ4n) is 2.24. The largest absolute Gasteiger partial charge is 0.369 e. The number of rotatable bonds is 4. The monoisotopic (exact) mass is 313 g/mol. The van der Waals surface area contributed by atoms with E-state index in [1.807, 2.05) is 0 Å². The van der Waals surface area contributed by atoms with Gasteiger partial charge >= 0.3 is 0 Å². The molecule has 0 saturated carbocycles. The summed E-state index contributed by atoms with van der Waals surface area (Å²) in [6.45, 7) is 7.77. The number of halogens is 1. The zero-order valence-corrected chi connectivity index (χ0v) is 12.4. The predicted molar refractivity (Wildman–Crippen MR) is 77.5 cm³/mol. The van der Waals surface area contributed by atoms with Gasteiger partial charge in [0.25, 0.3) is 0 Å². The second-order valence-corrected chi connectivity index (χ2v) is 5.90. The third-order valence-electron chi connectivity index (χ3n) is 3.37. The first-order valence-electron chi connectivity index (χ1n) is 6.32. The van der Waals surface area contributed by atoms with Crippen molar-refractivity contribution in [3.8, 4) is 0 Å². The van der Waals surface area contributed by atoms with Crippen LogP contribution in [-0.4, -0.2) is 40.5 Å². The van der Waals surface area contributed by atoms with Crippen LogP contribution in [0.1, 0.15) is 20.3 Å². The van der Waals surface area contributed by atoms with E-state index in [-0.39, 0.29) is 0 Å². The van der Waals surface area contributed by atoms with Gasteiger partial charge in [0.15, 0.2) is 0 Å². The molecule has 3 N–H and O–H groups in total. The van der Waals surface area contributed by atoms with Crippen molar-refractivity contribution >= 4 is 27.7 Å². The topological polar surface area (TPSA) is 67.1 Å². The molecule has 1 saturated heterocycles. The van der Waals surface area contributed by atoms with Gasteiger partial charge in [-0.25, -0.2) is 4.98 Å². The minimum absolute atomic E-state index is 0.302. The van der Waals surface area contributed by atoms with Crippen molar-refractivity contribution < 1.29 is 0 Å². The number of aromatic nitrogens is 2. The first-order chi connectivity index (χ1) is 8.56. The van der Waals surface area contributed by atoms with E-state index in [1.54, 1.807) is 6.20 Å². The van der Waals surface area contributed by atoms with Gasteiger partial charge in [-0.3, -0.25) is 0 Å². The molecule has 0 aromatic carbocycles. The molecule has 0 radical (unpaired) electrons. The van der Waals surface area contributed by atoms with E-state index in [2.05, 4.69) is 50.0 Å². The van der Waals surface area contributed by atoms with Gasteiger partial charge in [-0.15, -0.1) is 0 Å². The van der Waals surface area contributed by atoms with Crippen LogP contribution >= 0.6 is 15.9 Å². The number of nitrogen functional groups attached to an aromatic ring is 1. The number of hydrogen-bond donors (Lipinski definition) is 2. The maximum atomic E-state index is 5.58. The lowest BCUT2D eigenvalue weighted by molar-refractivity contribution is 0.266. The maximum absolute atomic E-state index is 5.58. The van der Waals surface area contributed by atoms with Crippen molar-refractivity contribution in [2.24, 2.45) is 5.92 Å². The van der Waals surface area contributed by atoms with Crippen LogP contribution in [0.4, 0.5) is 11.8 Å². The minimum Gasteiger partial charge on any atom is -0.369 e. The molecule has 1 aromatic rings. The normalized spacial score (nSPS) is 20.6. The Morgan fingerprint density at radius 1 is 1.61 bits per heavy atom. The van der Waals surface area contributed by atoms with Crippen molar-refractivity contribution in [1.29, 1.82) is 0 Å². The Labute approximate surface area is 116 Å². The molecule has 0 bridgehead atoms. The van der Waals surface area contributed by atoms with Gasteiger partial charge in [-0.2, -0.15) is 4.98 Å².